The predicted octanol–water partition coefficient (Wildman–Crippen LogP) is 3.97. The minimum Gasteiger partial charge on any atom is -0.350 e. The zero-order chi connectivity index (χ0) is 16.7. The van der Waals surface area contributed by atoms with Gasteiger partial charge >= 0.3 is 11.8 Å². The first-order valence-corrected chi connectivity index (χ1v) is 6.97. The molecule has 23 heavy (non-hydrogen) atoms. The van der Waals surface area contributed by atoms with Crippen LogP contribution in [0.4, 0.5) is 19.1 Å². The number of benzene rings is 1. The van der Waals surface area contributed by atoms with Crippen molar-refractivity contribution in [3.63, 3.8) is 0 Å². The fourth-order valence-electron chi connectivity index (χ4n) is 1.88. The number of hydrogen-bond donors (Lipinski definition) is 1. The van der Waals surface area contributed by atoms with Crippen LogP contribution in [0.2, 0.25) is 10.6 Å². The van der Waals surface area contributed by atoms with Gasteiger partial charge in [0, 0.05) is 12.1 Å². The first-order chi connectivity index (χ1) is 10.8. The number of nitrogens with one attached hydrogen (secondary N) is 1. The maximum Gasteiger partial charge on any atom is 0.442 e. The van der Waals surface area contributed by atoms with Gasteiger partial charge in [-0.25, -0.2) is 0 Å². The van der Waals surface area contributed by atoms with Crippen LogP contribution >= 0.6 is 23.2 Å². The molecule has 2 heterocycles. The van der Waals surface area contributed by atoms with E-state index in [0.717, 1.165) is 0 Å². The Hall–Kier alpha value is -2.00. The molecule has 1 N–H and O–H groups in total. The smallest absolute Gasteiger partial charge is 0.350 e. The van der Waals surface area contributed by atoms with Gasteiger partial charge in [-0.15, -0.1) is 10.2 Å². The van der Waals surface area contributed by atoms with Crippen LogP contribution in [-0.2, 0) is 12.2 Å². The lowest BCUT2D eigenvalue weighted by Gasteiger charge is -2.15. The standard InChI is InChI=1S/C12H7Cl2F3N6/c13-8-19-9(14)21-10(20-8)18-5-6-1-3-7(4-2-6)11(22-23-11)12(15,16)17/h1-4H,5H2,(H,18,19,20,21). The molecule has 11 heteroatoms. The van der Waals surface area contributed by atoms with Crippen LogP contribution < -0.4 is 5.32 Å². The Morgan fingerprint density at radius 3 is 2.00 bits per heavy atom. The van der Waals surface area contributed by atoms with E-state index in [2.05, 4.69) is 30.5 Å². The number of rotatable bonds is 4. The van der Waals surface area contributed by atoms with Gasteiger partial charge in [0.1, 0.15) is 0 Å². The van der Waals surface area contributed by atoms with Gasteiger partial charge in [-0.1, -0.05) is 24.3 Å². The molecule has 0 fully saturated rings. The average Bonchev–Trinajstić information content (AvgIpc) is 3.26. The first kappa shape index (κ1) is 15.9. The molecule has 0 amide bonds. The highest BCUT2D eigenvalue weighted by molar-refractivity contribution is 6.31. The van der Waals surface area contributed by atoms with Gasteiger partial charge < -0.3 is 5.32 Å². The van der Waals surface area contributed by atoms with E-state index in [1.54, 1.807) is 0 Å². The second-order valence-corrected chi connectivity index (χ2v) is 5.29. The quantitative estimate of drug-likeness (QED) is 0.892. The van der Waals surface area contributed by atoms with Crippen LogP contribution in [0.1, 0.15) is 11.1 Å². The maximum atomic E-state index is 12.9. The molecule has 1 aromatic carbocycles. The van der Waals surface area contributed by atoms with Crippen molar-refractivity contribution < 1.29 is 13.2 Å². The lowest BCUT2D eigenvalue weighted by atomic mass is 10.0. The normalized spacial score (nSPS) is 15.5. The van der Waals surface area contributed by atoms with Crippen molar-refractivity contribution in [1.82, 2.24) is 15.0 Å². The summed E-state index contributed by atoms with van der Waals surface area (Å²) in [7, 11) is 0. The van der Waals surface area contributed by atoms with E-state index < -0.39 is 11.8 Å². The number of nitrogens with zero attached hydrogens (tertiary/aromatic N) is 5. The zero-order valence-electron chi connectivity index (χ0n) is 11.1. The molecular formula is C12H7Cl2F3N6. The van der Waals surface area contributed by atoms with Crippen LogP contribution in [-0.4, -0.2) is 21.1 Å². The second kappa shape index (κ2) is 5.57. The van der Waals surface area contributed by atoms with E-state index in [0.29, 0.717) is 5.56 Å². The summed E-state index contributed by atoms with van der Waals surface area (Å²) in [5.41, 5.74) is -1.73. The summed E-state index contributed by atoms with van der Waals surface area (Å²) in [5, 5.41) is 9.01. The molecule has 120 valence electrons. The van der Waals surface area contributed by atoms with Crippen LogP contribution in [0, 0.1) is 0 Å². The summed E-state index contributed by atoms with van der Waals surface area (Å²) in [4.78, 5) is 11.2. The molecule has 0 spiro atoms. The molecule has 3 rings (SSSR count). The number of halogens is 5. The van der Waals surface area contributed by atoms with E-state index in [4.69, 9.17) is 23.2 Å². The Balaban J connectivity index is 1.69. The third-order valence-corrected chi connectivity index (χ3v) is 3.42. The number of alkyl halides is 3. The summed E-state index contributed by atoms with van der Waals surface area (Å²) in [6.07, 6.45) is -4.54. The van der Waals surface area contributed by atoms with Crippen LogP contribution in [0.25, 0.3) is 0 Å². The Bertz CT molecular complexity index is 736. The lowest BCUT2D eigenvalue weighted by Crippen LogP contribution is -2.30. The van der Waals surface area contributed by atoms with Gasteiger partial charge in [0.2, 0.25) is 16.5 Å². The van der Waals surface area contributed by atoms with Gasteiger partial charge in [-0.3, -0.25) is 0 Å². The van der Waals surface area contributed by atoms with Gasteiger partial charge in [0.15, 0.2) is 0 Å². The third-order valence-electron chi connectivity index (χ3n) is 3.08. The lowest BCUT2D eigenvalue weighted by molar-refractivity contribution is -0.166. The summed E-state index contributed by atoms with van der Waals surface area (Å²) in [6.45, 7) is 0.268. The van der Waals surface area contributed by atoms with Crippen LogP contribution in [0.5, 0.6) is 0 Å². The molecule has 0 unspecified atom stereocenters. The van der Waals surface area contributed by atoms with Crippen molar-refractivity contribution >= 4 is 29.2 Å². The van der Waals surface area contributed by atoms with Crippen molar-refractivity contribution in [3.8, 4) is 0 Å². The van der Waals surface area contributed by atoms with Crippen LogP contribution in [0.15, 0.2) is 34.5 Å². The van der Waals surface area contributed by atoms with Gasteiger partial charge in [0.25, 0.3) is 0 Å². The van der Waals surface area contributed by atoms with Gasteiger partial charge in [-0.2, -0.15) is 28.1 Å². The largest absolute Gasteiger partial charge is 0.442 e. The first-order valence-electron chi connectivity index (χ1n) is 6.21. The molecule has 0 saturated heterocycles. The van der Waals surface area contributed by atoms with E-state index in [-0.39, 0.29) is 28.6 Å². The minimum absolute atomic E-state index is 0.0278. The summed E-state index contributed by atoms with van der Waals surface area (Å²) < 4.78 is 38.6. The number of aromatic nitrogens is 3. The fraction of sp³-hybridized carbons (Fsp3) is 0.250. The van der Waals surface area contributed by atoms with E-state index in [1.165, 1.54) is 24.3 Å². The van der Waals surface area contributed by atoms with Crippen molar-refractivity contribution in [3.05, 3.63) is 46.0 Å². The highest BCUT2D eigenvalue weighted by Crippen LogP contribution is 2.52. The average molecular weight is 363 g/mol. The molecule has 1 aromatic heterocycles. The summed E-state index contributed by atoms with van der Waals surface area (Å²) >= 11 is 11.3. The van der Waals surface area contributed by atoms with Gasteiger partial charge in [0.05, 0.1) is 0 Å². The van der Waals surface area contributed by atoms with Crippen molar-refractivity contribution in [2.75, 3.05) is 5.32 Å². The molecule has 6 nitrogen and oxygen atoms in total. The minimum atomic E-state index is -4.54. The highest BCUT2D eigenvalue weighted by atomic mass is 35.5. The maximum absolute atomic E-state index is 12.9. The van der Waals surface area contributed by atoms with Crippen LogP contribution in [0.3, 0.4) is 0 Å². The highest BCUT2D eigenvalue weighted by Gasteiger charge is 2.65. The molecule has 1 aliphatic rings. The molecule has 0 saturated carbocycles. The molecule has 0 aliphatic carbocycles. The van der Waals surface area contributed by atoms with Gasteiger partial charge in [-0.05, 0) is 28.8 Å². The topological polar surface area (TPSA) is 75.4 Å². The molecular weight excluding hydrogens is 356 g/mol. The molecule has 0 atom stereocenters. The summed E-state index contributed by atoms with van der Waals surface area (Å²) in [5.74, 6) is 0.165. The Kier molecular flexibility index (Phi) is 3.85. The fourth-order valence-corrected chi connectivity index (χ4v) is 2.25. The predicted molar refractivity (Wildman–Crippen MR) is 76.2 cm³/mol. The Labute approximate surface area is 137 Å². The number of anilines is 1. The molecule has 0 bridgehead atoms. The second-order valence-electron chi connectivity index (χ2n) is 4.62. The van der Waals surface area contributed by atoms with Crippen molar-refractivity contribution in [1.29, 1.82) is 0 Å². The van der Waals surface area contributed by atoms with Crippen molar-refractivity contribution in [2.45, 2.75) is 18.4 Å². The molecule has 1 aliphatic heterocycles. The summed E-state index contributed by atoms with van der Waals surface area (Å²) in [6, 6.07) is 5.73. The van der Waals surface area contributed by atoms with E-state index >= 15 is 0 Å². The molecule has 0 radical (unpaired) electrons. The SMILES string of the molecule is FC(F)(F)C1(c2ccc(CNc3nc(Cl)nc(Cl)n3)cc2)N=N1. The number of hydrogen-bond acceptors (Lipinski definition) is 6. The third kappa shape index (κ3) is 3.20. The zero-order valence-corrected chi connectivity index (χ0v) is 12.7. The van der Waals surface area contributed by atoms with E-state index in [1.807, 2.05) is 0 Å². The van der Waals surface area contributed by atoms with E-state index in [9.17, 15) is 13.2 Å². The Morgan fingerprint density at radius 2 is 1.52 bits per heavy atom. The Morgan fingerprint density at radius 1 is 0.957 bits per heavy atom. The van der Waals surface area contributed by atoms with Crippen molar-refractivity contribution in [2.24, 2.45) is 10.2 Å². The molecule has 2 aromatic rings. The monoisotopic (exact) mass is 362 g/mol.